The second-order valence-corrected chi connectivity index (χ2v) is 9.58. The van der Waals surface area contributed by atoms with Gasteiger partial charge in [0.15, 0.2) is 5.78 Å². The van der Waals surface area contributed by atoms with Gasteiger partial charge >= 0.3 is 0 Å². The van der Waals surface area contributed by atoms with Crippen molar-refractivity contribution in [2.75, 3.05) is 27.7 Å². The predicted molar refractivity (Wildman–Crippen MR) is 123 cm³/mol. The highest BCUT2D eigenvalue weighted by molar-refractivity contribution is 6.07. The van der Waals surface area contributed by atoms with Crippen molar-refractivity contribution >= 4 is 18.0 Å². The smallest absolute Gasteiger partial charge is 0.240 e. The van der Waals surface area contributed by atoms with E-state index >= 15 is 0 Å². The molecule has 0 saturated carbocycles. The van der Waals surface area contributed by atoms with E-state index in [9.17, 15) is 24.6 Å². The molecule has 3 N–H and O–H groups in total. The Kier molecular flexibility index (Phi) is 11.5. The number of rotatable bonds is 14. The van der Waals surface area contributed by atoms with Crippen LogP contribution in [0.4, 0.5) is 0 Å². The molecule has 0 radical (unpaired) electrons. The molecule has 8 heteroatoms. The highest BCUT2D eigenvalue weighted by atomic mass is 16.3. The van der Waals surface area contributed by atoms with Gasteiger partial charge in [-0.2, -0.15) is 0 Å². The van der Waals surface area contributed by atoms with E-state index in [-0.39, 0.29) is 24.8 Å². The van der Waals surface area contributed by atoms with Crippen LogP contribution in [0.2, 0.25) is 0 Å². The molecule has 31 heavy (non-hydrogen) atoms. The van der Waals surface area contributed by atoms with E-state index in [1.807, 2.05) is 27.7 Å². The quantitative estimate of drug-likeness (QED) is 0.272. The maximum atomic E-state index is 14.0. The second kappa shape index (κ2) is 12.0. The minimum Gasteiger partial charge on any atom is -0.393 e. The number of hydrogen-bond donors (Lipinski definition) is 3. The van der Waals surface area contributed by atoms with E-state index in [1.54, 1.807) is 46.8 Å². The van der Waals surface area contributed by atoms with Gasteiger partial charge < -0.3 is 25.2 Å². The number of ketones is 1. The summed E-state index contributed by atoms with van der Waals surface area (Å²) < 4.78 is 0. The van der Waals surface area contributed by atoms with Crippen LogP contribution in [0.5, 0.6) is 0 Å². The number of nitrogens with one attached hydrogen (secondary N) is 1. The van der Waals surface area contributed by atoms with E-state index in [2.05, 4.69) is 5.32 Å². The van der Waals surface area contributed by atoms with Gasteiger partial charge in [-0.15, -0.1) is 0 Å². The lowest BCUT2D eigenvalue weighted by atomic mass is 9.62. The zero-order valence-corrected chi connectivity index (χ0v) is 21.1. The molecule has 0 saturated heterocycles. The number of β-amino-alcohol motifs (C(OH)–C–C–N with tert-alkyl or cyclic N) is 1. The van der Waals surface area contributed by atoms with Crippen LogP contribution < -0.4 is 5.32 Å². The molecule has 6 atom stereocenters. The number of carbonyl (C=O) groups is 3. The van der Waals surface area contributed by atoms with E-state index < -0.39 is 41.0 Å². The second-order valence-electron chi connectivity index (χ2n) is 9.58. The Hall–Kier alpha value is -1.35. The van der Waals surface area contributed by atoms with Crippen LogP contribution in [0.1, 0.15) is 61.3 Å². The average molecular weight is 444 g/mol. The van der Waals surface area contributed by atoms with Crippen LogP contribution in [0.25, 0.3) is 0 Å². The third kappa shape index (κ3) is 6.34. The molecule has 0 spiro atoms. The number of aliphatic hydroxyl groups excluding tert-OH is 2. The van der Waals surface area contributed by atoms with E-state index in [0.717, 1.165) is 0 Å². The van der Waals surface area contributed by atoms with Gasteiger partial charge in [-0.3, -0.25) is 14.5 Å². The van der Waals surface area contributed by atoms with Crippen molar-refractivity contribution in [2.24, 2.45) is 11.3 Å². The van der Waals surface area contributed by atoms with Crippen molar-refractivity contribution in [3.8, 4) is 0 Å². The van der Waals surface area contributed by atoms with Crippen LogP contribution in [0, 0.1) is 11.3 Å². The maximum absolute atomic E-state index is 14.0. The molecular weight excluding hydrogens is 398 g/mol. The summed E-state index contributed by atoms with van der Waals surface area (Å²) in [6, 6.07) is -1.35. The molecule has 0 aliphatic carbocycles. The van der Waals surface area contributed by atoms with Crippen molar-refractivity contribution in [1.29, 1.82) is 0 Å². The summed E-state index contributed by atoms with van der Waals surface area (Å²) in [6.07, 6.45) is -0.207. The molecule has 182 valence electrons. The van der Waals surface area contributed by atoms with Crippen LogP contribution in [-0.4, -0.2) is 95.5 Å². The predicted octanol–water partition coefficient (Wildman–Crippen LogP) is 1.08. The molecule has 1 amide bonds. The minimum atomic E-state index is -1.63. The molecule has 8 nitrogen and oxygen atoms in total. The van der Waals surface area contributed by atoms with Gasteiger partial charge in [0.1, 0.15) is 11.8 Å². The molecule has 0 rings (SSSR count). The Bertz CT molecular complexity index is 610. The summed E-state index contributed by atoms with van der Waals surface area (Å²) in [6.45, 7) is 12.5. The van der Waals surface area contributed by atoms with Crippen molar-refractivity contribution in [1.82, 2.24) is 15.1 Å². The molecule has 0 aliphatic rings. The van der Waals surface area contributed by atoms with Crippen LogP contribution in [0.15, 0.2) is 0 Å². The maximum Gasteiger partial charge on any atom is 0.240 e. The van der Waals surface area contributed by atoms with Gasteiger partial charge in [0.25, 0.3) is 0 Å². The lowest BCUT2D eigenvalue weighted by molar-refractivity contribution is -0.157. The standard InChI is InChI=1S/C23H45N3O5/c1-11-22(7,12-16(4)28)23(14-27,25(9)13-17(5)29)20(30)18(6)26(10)21(31)19(24-8)15(2)3/h14-19,24,28-29H,11-13H2,1-10H3/t16?,17?,18-,19-,22-,23-/m1/s1. The Morgan fingerprint density at radius 2 is 1.58 bits per heavy atom. The number of Topliss-reactive ketones (excluding diaryl/α,β-unsaturated/α-hetero) is 1. The number of amides is 1. The first-order valence-electron chi connectivity index (χ1n) is 11.2. The third-order valence-electron chi connectivity index (χ3n) is 6.68. The summed E-state index contributed by atoms with van der Waals surface area (Å²) in [7, 11) is 4.90. The monoisotopic (exact) mass is 443 g/mol. The molecule has 0 bridgehead atoms. The summed E-state index contributed by atoms with van der Waals surface area (Å²) in [5.41, 5.74) is -2.54. The number of carbonyl (C=O) groups excluding carboxylic acids is 3. The lowest BCUT2D eigenvalue weighted by Crippen LogP contribution is -2.69. The normalized spacial score (nSPS) is 19.8. The number of aliphatic hydroxyl groups is 2. The van der Waals surface area contributed by atoms with Crippen LogP contribution in [0.3, 0.4) is 0 Å². The average Bonchev–Trinajstić information content (AvgIpc) is 2.66. The minimum absolute atomic E-state index is 0.0205. The van der Waals surface area contributed by atoms with E-state index in [1.165, 1.54) is 4.90 Å². The van der Waals surface area contributed by atoms with Crippen LogP contribution in [-0.2, 0) is 14.4 Å². The summed E-state index contributed by atoms with van der Waals surface area (Å²) in [5.74, 6) is -0.637. The number of nitrogens with zero attached hydrogens (tertiary/aromatic N) is 2. The van der Waals surface area contributed by atoms with Gasteiger partial charge in [-0.1, -0.05) is 27.7 Å². The molecular formula is C23H45N3O5. The number of hydrogen-bond acceptors (Lipinski definition) is 7. The van der Waals surface area contributed by atoms with Gasteiger partial charge in [-0.25, -0.2) is 0 Å². The molecule has 0 heterocycles. The SMILES string of the molecule is CC[C@](C)(CC(C)O)[C@@](C=O)(C(=O)[C@@H](C)N(C)C(=O)[C@H](NC)C(C)C)N(C)CC(C)O. The fourth-order valence-corrected chi connectivity index (χ4v) is 4.64. The number of aldehydes is 1. The molecule has 0 aromatic rings. The zero-order valence-electron chi connectivity index (χ0n) is 21.1. The Morgan fingerprint density at radius 3 is 1.90 bits per heavy atom. The lowest BCUT2D eigenvalue weighted by Gasteiger charge is -2.51. The van der Waals surface area contributed by atoms with Crippen molar-refractivity contribution in [2.45, 2.75) is 91.1 Å². The summed E-state index contributed by atoms with van der Waals surface area (Å²) in [5, 5.41) is 23.1. The Morgan fingerprint density at radius 1 is 1.06 bits per heavy atom. The zero-order chi connectivity index (χ0) is 24.7. The van der Waals surface area contributed by atoms with Gasteiger partial charge in [0.05, 0.1) is 24.3 Å². The summed E-state index contributed by atoms with van der Waals surface area (Å²) >= 11 is 0. The highest BCUT2D eigenvalue weighted by Crippen LogP contribution is 2.43. The largest absolute Gasteiger partial charge is 0.393 e. The first-order chi connectivity index (χ1) is 14.2. The molecule has 2 unspecified atom stereocenters. The topological polar surface area (TPSA) is 110 Å². The molecule has 0 aromatic carbocycles. The summed E-state index contributed by atoms with van der Waals surface area (Å²) in [4.78, 5) is 42.7. The van der Waals surface area contributed by atoms with Crippen molar-refractivity contribution < 1.29 is 24.6 Å². The molecule has 0 aliphatic heterocycles. The fourth-order valence-electron chi connectivity index (χ4n) is 4.64. The van der Waals surface area contributed by atoms with Crippen molar-refractivity contribution in [3.63, 3.8) is 0 Å². The first-order valence-corrected chi connectivity index (χ1v) is 11.2. The molecule has 0 aromatic heterocycles. The van der Waals surface area contributed by atoms with Crippen molar-refractivity contribution in [3.05, 3.63) is 0 Å². The third-order valence-corrected chi connectivity index (χ3v) is 6.68. The van der Waals surface area contributed by atoms with Crippen LogP contribution >= 0.6 is 0 Å². The van der Waals surface area contributed by atoms with E-state index in [0.29, 0.717) is 12.7 Å². The number of likely N-dealkylation sites (N-methyl/N-ethyl adjacent to an activating group) is 3. The first kappa shape index (κ1) is 29.7. The van der Waals surface area contributed by atoms with Gasteiger partial charge in [0, 0.05) is 19.0 Å². The fraction of sp³-hybridized carbons (Fsp3) is 0.870. The van der Waals surface area contributed by atoms with Gasteiger partial charge in [0.2, 0.25) is 5.91 Å². The van der Waals surface area contributed by atoms with E-state index in [4.69, 9.17) is 0 Å². The Balaban J connectivity index is 6.49. The highest BCUT2D eigenvalue weighted by Gasteiger charge is 2.57. The van der Waals surface area contributed by atoms with Gasteiger partial charge in [-0.05, 0) is 53.6 Å². The Labute approximate surface area is 188 Å². The molecule has 0 fully saturated rings.